The van der Waals surface area contributed by atoms with Crippen LogP contribution in [0.3, 0.4) is 0 Å². The third kappa shape index (κ3) is 4.20. The number of rotatable bonds is 5. The summed E-state index contributed by atoms with van der Waals surface area (Å²) in [5.74, 6) is -0.661. The van der Waals surface area contributed by atoms with Crippen molar-refractivity contribution in [3.63, 3.8) is 0 Å². The van der Waals surface area contributed by atoms with Crippen LogP contribution in [0.2, 0.25) is 0 Å². The third-order valence-corrected chi connectivity index (χ3v) is 3.78. The molecule has 0 unspecified atom stereocenters. The van der Waals surface area contributed by atoms with Crippen LogP contribution in [0.1, 0.15) is 21.5 Å². The highest BCUT2D eigenvalue weighted by molar-refractivity contribution is 5.91. The van der Waals surface area contributed by atoms with Gasteiger partial charge >= 0.3 is 5.97 Å². The van der Waals surface area contributed by atoms with E-state index in [0.29, 0.717) is 12.1 Å². The van der Waals surface area contributed by atoms with Gasteiger partial charge in [0.25, 0.3) is 0 Å². The van der Waals surface area contributed by atoms with Gasteiger partial charge in [0.05, 0.1) is 19.0 Å². The van der Waals surface area contributed by atoms with E-state index < -0.39 is 0 Å². The molecule has 0 bridgehead atoms. The number of hydrogen-bond donors (Lipinski definition) is 0. The topological polar surface area (TPSA) is 44.1 Å². The molecular formula is C20H17FN2O2. The van der Waals surface area contributed by atoms with E-state index in [2.05, 4.69) is 4.98 Å². The summed E-state index contributed by atoms with van der Waals surface area (Å²) in [4.78, 5) is 15.8. The Bertz CT molecular complexity index is 884. The molecule has 0 aliphatic carbocycles. The maximum Gasteiger partial charge on any atom is 0.337 e. The molecule has 5 heteroatoms. The average molecular weight is 336 g/mol. The van der Waals surface area contributed by atoms with Gasteiger partial charge in [0, 0.05) is 18.9 Å². The Hall–Kier alpha value is -3.21. The molecule has 4 nitrogen and oxygen atoms in total. The molecule has 0 atom stereocenters. The van der Waals surface area contributed by atoms with Crippen LogP contribution in [0.25, 0.3) is 11.6 Å². The maximum absolute atomic E-state index is 13.2. The van der Waals surface area contributed by atoms with Crippen LogP contribution < -0.4 is 0 Å². The zero-order valence-electron chi connectivity index (χ0n) is 13.7. The Balaban J connectivity index is 1.99. The minimum Gasteiger partial charge on any atom is -0.465 e. The number of imidazole rings is 1. The van der Waals surface area contributed by atoms with Crippen LogP contribution >= 0.6 is 0 Å². The van der Waals surface area contributed by atoms with Gasteiger partial charge in [-0.2, -0.15) is 0 Å². The Morgan fingerprint density at radius 2 is 2.00 bits per heavy atom. The average Bonchev–Trinajstić information content (AvgIpc) is 3.14. The van der Waals surface area contributed by atoms with E-state index in [0.717, 1.165) is 16.7 Å². The molecular weight excluding hydrogens is 319 g/mol. The number of hydrogen-bond acceptors (Lipinski definition) is 3. The molecule has 126 valence electrons. The predicted molar refractivity (Wildman–Crippen MR) is 94.3 cm³/mol. The number of aromatic nitrogens is 2. The summed E-state index contributed by atoms with van der Waals surface area (Å²) in [6.07, 6.45) is 7.27. The molecule has 0 fully saturated rings. The molecule has 1 heterocycles. The summed E-state index contributed by atoms with van der Waals surface area (Å²) in [5.41, 5.74) is 3.22. The van der Waals surface area contributed by atoms with Crippen LogP contribution in [-0.4, -0.2) is 22.6 Å². The van der Waals surface area contributed by atoms with E-state index in [9.17, 15) is 9.18 Å². The zero-order valence-corrected chi connectivity index (χ0v) is 13.7. The summed E-state index contributed by atoms with van der Waals surface area (Å²) in [7, 11) is 1.35. The van der Waals surface area contributed by atoms with E-state index in [4.69, 9.17) is 4.74 Å². The lowest BCUT2D eigenvalue weighted by atomic mass is 10.0. The number of carbonyl (C=O) groups excluding carboxylic acids is 1. The molecule has 0 aliphatic rings. The molecule has 2 aromatic carbocycles. The fourth-order valence-electron chi connectivity index (χ4n) is 2.54. The summed E-state index contributed by atoms with van der Waals surface area (Å²) in [5, 5.41) is 0. The Kier molecular flexibility index (Phi) is 5.04. The standard InChI is InChI=1S/C20H17FN2O2/c1-25-20(24)17-4-2-3-15(11-17)12-18(13-23-10-9-22-14-23)16-5-7-19(21)8-6-16/h2-12,14H,13H2,1H3/b18-12-. The molecule has 3 rings (SSSR count). The van der Waals surface area contributed by atoms with Gasteiger partial charge in [0.2, 0.25) is 0 Å². The quantitative estimate of drug-likeness (QED) is 0.521. The molecule has 0 spiro atoms. The van der Waals surface area contributed by atoms with Crippen molar-refractivity contribution in [2.45, 2.75) is 6.54 Å². The van der Waals surface area contributed by atoms with Gasteiger partial charge in [-0.15, -0.1) is 0 Å². The van der Waals surface area contributed by atoms with Crippen molar-refractivity contribution in [2.75, 3.05) is 7.11 Å². The lowest BCUT2D eigenvalue weighted by Gasteiger charge is -2.10. The molecule has 25 heavy (non-hydrogen) atoms. The number of allylic oxidation sites excluding steroid dienone is 1. The van der Waals surface area contributed by atoms with Crippen molar-refractivity contribution in [3.8, 4) is 0 Å². The van der Waals surface area contributed by atoms with Gasteiger partial charge in [-0.25, -0.2) is 14.2 Å². The Morgan fingerprint density at radius 3 is 2.68 bits per heavy atom. The van der Waals surface area contributed by atoms with Crippen LogP contribution in [-0.2, 0) is 11.3 Å². The van der Waals surface area contributed by atoms with Gasteiger partial charge in [-0.05, 0) is 47.0 Å². The van der Waals surface area contributed by atoms with Gasteiger partial charge in [0.15, 0.2) is 0 Å². The molecule has 0 aliphatic heterocycles. The monoisotopic (exact) mass is 336 g/mol. The first-order valence-electron chi connectivity index (χ1n) is 7.76. The predicted octanol–water partition coefficient (Wildman–Crippen LogP) is 4.05. The summed E-state index contributed by atoms with van der Waals surface area (Å²) < 4.78 is 19.9. The number of nitrogens with zero attached hydrogens (tertiary/aromatic N) is 2. The first-order chi connectivity index (χ1) is 12.2. The number of ether oxygens (including phenoxy) is 1. The maximum atomic E-state index is 13.2. The zero-order chi connectivity index (χ0) is 17.6. The number of methoxy groups -OCH3 is 1. The molecule has 0 saturated heterocycles. The van der Waals surface area contributed by atoms with Crippen molar-refractivity contribution in [1.82, 2.24) is 9.55 Å². The smallest absolute Gasteiger partial charge is 0.337 e. The van der Waals surface area contributed by atoms with Crippen molar-refractivity contribution < 1.29 is 13.9 Å². The summed E-state index contributed by atoms with van der Waals surface area (Å²) >= 11 is 0. The third-order valence-electron chi connectivity index (χ3n) is 3.78. The fourth-order valence-corrected chi connectivity index (χ4v) is 2.54. The number of esters is 1. The highest BCUT2D eigenvalue weighted by atomic mass is 19.1. The Morgan fingerprint density at radius 1 is 1.20 bits per heavy atom. The lowest BCUT2D eigenvalue weighted by molar-refractivity contribution is 0.0600. The van der Waals surface area contributed by atoms with Gasteiger partial charge in [-0.1, -0.05) is 24.3 Å². The van der Waals surface area contributed by atoms with Gasteiger partial charge < -0.3 is 9.30 Å². The highest BCUT2D eigenvalue weighted by Crippen LogP contribution is 2.21. The van der Waals surface area contributed by atoms with Crippen molar-refractivity contribution in [2.24, 2.45) is 0 Å². The highest BCUT2D eigenvalue weighted by Gasteiger charge is 2.07. The molecule has 0 radical (unpaired) electrons. The molecule has 1 aromatic heterocycles. The second-order valence-corrected chi connectivity index (χ2v) is 5.53. The van der Waals surface area contributed by atoms with Crippen LogP contribution in [0.5, 0.6) is 0 Å². The minimum atomic E-state index is -0.381. The first-order valence-corrected chi connectivity index (χ1v) is 7.76. The lowest BCUT2D eigenvalue weighted by Crippen LogP contribution is -2.01. The van der Waals surface area contributed by atoms with E-state index in [1.54, 1.807) is 42.9 Å². The minimum absolute atomic E-state index is 0.279. The van der Waals surface area contributed by atoms with Crippen LogP contribution in [0.4, 0.5) is 4.39 Å². The molecule has 0 saturated carbocycles. The van der Waals surface area contributed by atoms with Crippen molar-refractivity contribution in [3.05, 3.63) is 89.8 Å². The van der Waals surface area contributed by atoms with E-state index in [1.807, 2.05) is 22.9 Å². The van der Waals surface area contributed by atoms with Crippen molar-refractivity contribution in [1.29, 1.82) is 0 Å². The first kappa shape index (κ1) is 16.6. The fraction of sp³-hybridized carbons (Fsp3) is 0.100. The van der Waals surface area contributed by atoms with Crippen LogP contribution in [0.15, 0.2) is 67.3 Å². The van der Waals surface area contributed by atoms with E-state index in [1.165, 1.54) is 19.2 Å². The SMILES string of the molecule is COC(=O)c1cccc(/C=C(/Cn2ccnc2)c2ccc(F)cc2)c1. The molecule has 0 amide bonds. The van der Waals surface area contributed by atoms with E-state index in [-0.39, 0.29) is 11.8 Å². The van der Waals surface area contributed by atoms with Crippen molar-refractivity contribution >= 4 is 17.6 Å². The molecule has 0 N–H and O–H groups in total. The molecule has 3 aromatic rings. The van der Waals surface area contributed by atoms with Gasteiger partial charge in [0.1, 0.15) is 5.82 Å². The number of benzene rings is 2. The summed E-state index contributed by atoms with van der Waals surface area (Å²) in [6.45, 7) is 0.577. The normalized spacial score (nSPS) is 11.4. The Labute approximate surface area is 145 Å². The number of halogens is 1. The second kappa shape index (κ2) is 7.57. The van der Waals surface area contributed by atoms with Crippen LogP contribution in [0, 0.1) is 5.82 Å². The number of carbonyl (C=O) groups is 1. The van der Waals surface area contributed by atoms with Gasteiger partial charge in [-0.3, -0.25) is 0 Å². The largest absolute Gasteiger partial charge is 0.465 e. The summed E-state index contributed by atoms with van der Waals surface area (Å²) in [6, 6.07) is 13.5. The second-order valence-electron chi connectivity index (χ2n) is 5.53. The van der Waals surface area contributed by atoms with E-state index >= 15 is 0 Å².